The minimum absolute atomic E-state index is 0.235. The molecule has 94 valence electrons. The highest BCUT2D eigenvalue weighted by Crippen LogP contribution is 2.26. The molecule has 0 aliphatic rings. The average molecular weight is 249 g/mol. The zero-order chi connectivity index (χ0) is 13.1. The van der Waals surface area contributed by atoms with Crippen molar-refractivity contribution in [2.24, 2.45) is 0 Å². The molecule has 1 aromatic rings. The number of halogens is 3. The third-order valence-corrected chi connectivity index (χ3v) is 1.89. The number of methoxy groups -OCH3 is 1. The van der Waals surface area contributed by atoms with Crippen molar-refractivity contribution in [1.82, 2.24) is 0 Å². The fraction of sp³-hybridized carbons (Fsp3) is 0.300. The molecule has 0 saturated heterocycles. The number of rotatable bonds is 2. The van der Waals surface area contributed by atoms with Crippen LogP contribution >= 0.6 is 0 Å². The zero-order valence-corrected chi connectivity index (χ0v) is 9.12. The van der Waals surface area contributed by atoms with Gasteiger partial charge in [-0.3, -0.25) is 4.90 Å². The lowest BCUT2D eigenvalue weighted by Crippen LogP contribution is -2.26. The van der Waals surface area contributed by atoms with Crippen molar-refractivity contribution in [3.63, 3.8) is 0 Å². The predicted molar refractivity (Wildman–Crippen MR) is 53.9 cm³/mol. The maximum atomic E-state index is 12.0. The number of nitrogens with zero attached hydrogens (tertiary/aromatic N) is 1. The quantitative estimate of drug-likeness (QED) is 0.808. The van der Waals surface area contributed by atoms with E-state index in [-0.39, 0.29) is 5.69 Å². The molecule has 0 bridgehead atoms. The molecule has 0 N–H and O–H groups in total. The van der Waals surface area contributed by atoms with Crippen LogP contribution in [0.2, 0.25) is 0 Å². The molecule has 7 heteroatoms. The van der Waals surface area contributed by atoms with Crippen molar-refractivity contribution in [2.45, 2.75) is 6.36 Å². The van der Waals surface area contributed by atoms with Crippen LogP contribution in [-0.4, -0.2) is 26.6 Å². The number of alkyl halides is 3. The first-order valence-electron chi connectivity index (χ1n) is 4.51. The molecule has 0 unspecified atom stereocenters. The van der Waals surface area contributed by atoms with Crippen LogP contribution in [-0.2, 0) is 4.74 Å². The zero-order valence-electron chi connectivity index (χ0n) is 9.12. The largest absolute Gasteiger partial charge is 0.573 e. The van der Waals surface area contributed by atoms with Crippen LogP contribution in [0.15, 0.2) is 24.3 Å². The Morgan fingerprint density at radius 3 is 2.53 bits per heavy atom. The third-order valence-electron chi connectivity index (χ3n) is 1.89. The van der Waals surface area contributed by atoms with Crippen LogP contribution in [0.5, 0.6) is 5.75 Å². The predicted octanol–water partition coefficient (Wildman–Crippen LogP) is 2.79. The monoisotopic (exact) mass is 249 g/mol. The molecule has 0 heterocycles. The molecule has 0 aliphatic carbocycles. The van der Waals surface area contributed by atoms with Gasteiger partial charge in [-0.15, -0.1) is 13.2 Å². The summed E-state index contributed by atoms with van der Waals surface area (Å²) >= 11 is 0. The molecule has 17 heavy (non-hydrogen) atoms. The summed E-state index contributed by atoms with van der Waals surface area (Å²) in [5, 5.41) is 0. The van der Waals surface area contributed by atoms with E-state index in [0.29, 0.717) is 0 Å². The number of benzene rings is 1. The van der Waals surface area contributed by atoms with Gasteiger partial charge in [-0.2, -0.15) is 0 Å². The Balaban J connectivity index is 2.89. The van der Waals surface area contributed by atoms with Crippen LogP contribution < -0.4 is 9.64 Å². The first-order chi connectivity index (χ1) is 7.83. The Kier molecular flexibility index (Phi) is 3.82. The summed E-state index contributed by atoms with van der Waals surface area (Å²) in [5.74, 6) is -0.397. The van der Waals surface area contributed by atoms with E-state index in [9.17, 15) is 18.0 Å². The standard InChI is InChI=1S/C10H10F3NO3/c1-14(9(15)16-2)7-4-3-5-8(6-7)17-10(11,12)13/h3-6H,1-2H3. The number of amides is 1. The fourth-order valence-corrected chi connectivity index (χ4v) is 1.13. The highest BCUT2D eigenvalue weighted by Gasteiger charge is 2.31. The second-order valence-electron chi connectivity index (χ2n) is 3.07. The molecule has 1 aromatic carbocycles. The maximum Gasteiger partial charge on any atom is 0.573 e. The van der Waals surface area contributed by atoms with Crippen molar-refractivity contribution >= 4 is 11.8 Å². The van der Waals surface area contributed by atoms with Gasteiger partial charge in [0.2, 0.25) is 0 Å². The molecule has 0 atom stereocenters. The molecule has 1 rings (SSSR count). The Morgan fingerprint density at radius 1 is 1.35 bits per heavy atom. The van der Waals surface area contributed by atoms with Gasteiger partial charge in [0.05, 0.1) is 12.8 Å². The van der Waals surface area contributed by atoms with E-state index in [4.69, 9.17) is 0 Å². The Hall–Kier alpha value is -1.92. The Morgan fingerprint density at radius 2 is 2.00 bits per heavy atom. The number of anilines is 1. The van der Waals surface area contributed by atoms with Crippen molar-refractivity contribution < 1.29 is 27.4 Å². The first-order valence-corrected chi connectivity index (χ1v) is 4.51. The van der Waals surface area contributed by atoms with Crippen molar-refractivity contribution in [2.75, 3.05) is 19.1 Å². The summed E-state index contributed by atoms with van der Waals surface area (Å²) in [6, 6.07) is 5.03. The summed E-state index contributed by atoms with van der Waals surface area (Å²) in [5.41, 5.74) is 0.235. The van der Waals surface area contributed by atoms with Gasteiger partial charge >= 0.3 is 12.5 Å². The van der Waals surface area contributed by atoms with E-state index in [1.54, 1.807) is 0 Å². The summed E-state index contributed by atoms with van der Waals surface area (Å²) < 4.78 is 44.1. The van der Waals surface area contributed by atoms with Gasteiger partial charge in [-0.1, -0.05) is 6.07 Å². The third kappa shape index (κ3) is 3.86. The fourth-order valence-electron chi connectivity index (χ4n) is 1.13. The van der Waals surface area contributed by atoms with E-state index in [1.165, 1.54) is 26.3 Å². The van der Waals surface area contributed by atoms with Crippen molar-refractivity contribution in [3.05, 3.63) is 24.3 Å². The molecule has 1 amide bonds. The topological polar surface area (TPSA) is 38.8 Å². The Labute approximate surface area is 95.5 Å². The van der Waals surface area contributed by atoms with Gasteiger partial charge in [0, 0.05) is 13.1 Å². The summed E-state index contributed by atoms with van der Waals surface area (Å²) in [7, 11) is 2.55. The van der Waals surface area contributed by atoms with E-state index < -0.39 is 18.2 Å². The molecule has 0 radical (unpaired) electrons. The van der Waals surface area contributed by atoms with E-state index in [1.807, 2.05) is 0 Å². The van der Waals surface area contributed by atoms with Crippen molar-refractivity contribution in [1.29, 1.82) is 0 Å². The smallest absolute Gasteiger partial charge is 0.452 e. The summed E-state index contributed by atoms with van der Waals surface area (Å²) in [6.45, 7) is 0. The molecule has 0 fully saturated rings. The molecule has 0 spiro atoms. The minimum atomic E-state index is -4.76. The van der Waals surface area contributed by atoms with Crippen LogP contribution in [0.1, 0.15) is 0 Å². The van der Waals surface area contributed by atoms with Crippen LogP contribution in [0, 0.1) is 0 Å². The molecular weight excluding hydrogens is 239 g/mol. The molecular formula is C10H10F3NO3. The van der Waals surface area contributed by atoms with Crippen LogP contribution in [0.3, 0.4) is 0 Å². The lowest BCUT2D eigenvalue weighted by Gasteiger charge is -2.16. The second kappa shape index (κ2) is 4.94. The van der Waals surface area contributed by atoms with Crippen molar-refractivity contribution in [3.8, 4) is 5.75 Å². The first kappa shape index (κ1) is 13.1. The number of hydrogen-bond acceptors (Lipinski definition) is 3. The van der Waals surface area contributed by atoms with Gasteiger partial charge in [0.15, 0.2) is 0 Å². The lowest BCUT2D eigenvalue weighted by atomic mass is 10.3. The second-order valence-corrected chi connectivity index (χ2v) is 3.07. The van der Waals surface area contributed by atoms with E-state index >= 15 is 0 Å². The number of carbonyl (C=O) groups is 1. The van der Waals surface area contributed by atoms with Gasteiger partial charge < -0.3 is 9.47 Å². The molecule has 4 nitrogen and oxygen atoms in total. The van der Waals surface area contributed by atoms with E-state index in [0.717, 1.165) is 17.0 Å². The van der Waals surface area contributed by atoms with Gasteiger partial charge in [-0.25, -0.2) is 4.79 Å². The van der Waals surface area contributed by atoms with Gasteiger partial charge in [0.1, 0.15) is 5.75 Å². The van der Waals surface area contributed by atoms with Gasteiger partial charge in [0.25, 0.3) is 0 Å². The Bertz CT molecular complexity index is 406. The summed E-state index contributed by atoms with van der Waals surface area (Å²) in [4.78, 5) is 12.2. The number of carbonyl (C=O) groups excluding carboxylic acids is 1. The SMILES string of the molecule is COC(=O)N(C)c1cccc(OC(F)(F)F)c1. The highest BCUT2D eigenvalue weighted by atomic mass is 19.4. The van der Waals surface area contributed by atoms with Crippen LogP contribution in [0.25, 0.3) is 0 Å². The summed E-state index contributed by atoms with van der Waals surface area (Å²) in [6.07, 6.45) is -5.45. The lowest BCUT2D eigenvalue weighted by molar-refractivity contribution is -0.274. The highest BCUT2D eigenvalue weighted by molar-refractivity contribution is 5.87. The maximum absolute atomic E-state index is 12.0. The molecule has 0 aliphatic heterocycles. The van der Waals surface area contributed by atoms with E-state index in [2.05, 4.69) is 9.47 Å². The normalized spacial score (nSPS) is 10.9. The van der Waals surface area contributed by atoms with Crippen LogP contribution in [0.4, 0.5) is 23.7 Å². The average Bonchev–Trinajstić information content (AvgIpc) is 2.25. The molecule has 0 aromatic heterocycles. The minimum Gasteiger partial charge on any atom is -0.452 e. The number of ether oxygens (including phenoxy) is 2. The van der Waals surface area contributed by atoms with Gasteiger partial charge in [-0.05, 0) is 12.1 Å². The number of hydrogen-bond donors (Lipinski definition) is 0. The molecule has 0 saturated carbocycles.